The average Bonchev–Trinajstić information content (AvgIpc) is 2.91. The van der Waals surface area contributed by atoms with E-state index in [1.54, 1.807) is 30.3 Å². The van der Waals surface area contributed by atoms with E-state index in [4.69, 9.17) is 0 Å². The summed E-state index contributed by atoms with van der Waals surface area (Å²) in [6.07, 6.45) is 1.30. The topological polar surface area (TPSA) is 148 Å². The second-order valence-electron chi connectivity index (χ2n) is 10.6. The minimum atomic E-state index is -3.92. The number of hydrogen-bond donors (Lipinski definition) is 5. The van der Waals surface area contributed by atoms with Crippen molar-refractivity contribution in [3.63, 3.8) is 0 Å². The maximum absolute atomic E-state index is 14.0. The summed E-state index contributed by atoms with van der Waals surface area (Å²) in [5, 5.41) is 14.2. The summed E-state index contributed by atoms with van der Waals surface area (Å²) in [6, 6.07) is 19.2. The zero-order valence-electron chi connectivity index (χ0n) is 22.2. The highest BCUT2D eigenvalue weighted by Gasteiger charge is 2.46. The van der Waals surface area contributed by atoms with Crippen molar-refractivity contribution in [3.8, 4) is 0 Å². The summed E-state index contributed by atoms with van der Waals surface area (Å²) in [4.78, 5) is 14.0. The Morgan fingerprint density at radius 1 is 1.02 bits per heavy atom. The van der Waals surface area contributed by atoms with Gasteiger partial charge < -0.3 is 10.4 Å². The zero-order chi connectivity index (χ0) is 28.9. The van der Waals surface area contributed by atoms with Crippen LogP contribution < -0.4 is 10.0 Å². The molecule has 3 aromatic rings. The van der Waals surface area contributed by atoms with Crippen LogP contribution in [0.1, 0.15) is 44.7 Å². The van der Waals surface area contributed by atoms with E-state index in [1.165, 1.54) is 30.3 Å². The van der Waals surface area contributed by atoms with Crippen LogP contribution in [0.4, 0.5) is 11.4 Å². The number of nitrogens with zero attached hydrogens (tertiary/aromatic N) is 1. The van der Waals surface area contributed by atoms with Gasteiger partial charge in [-0.1, -0.05) is 67.1 Å². The molecule has 1 unspecified atom stereocenters. The highest BCUT2D eigenvalue weighted by atomic mass is 32.3. The molecule has 5 N–H and O–H groups in total. The predicted molar refractivity (Wildman–Crippen MR) is 158 cm³/mol. The molecule has 0 aromatic heterocycles. The fourth-order valence-corrected chi connectivity index (χ4v) is 7.28. The van der Waals surface area contributed by atoms with Gasteiger partial charge in [0, 0.05) is 5.56 Å². The smallest absolute Gasteiger partial charge is 0.261 e. The third kappa shape index (κ3) is 4.90. The number of fused-ring (bicyclic) bond motifs is 2. The number of carbonyl (C=O) groups is 1. The van der Waals surface area contributed by atoms with E-state index in [1.807, 2.05) is 19.1 Å². The quantitative estimate of drug-likeness (QED) is 0.212. The molecule has 9 nitrogen and oxygen atoms in total. The first-order valence-corrected chi connectivity index (χ1v) is 15.8. The Morgan fingerprint density at radius 2 is 1.70 bits per heavy atom. The van der Waals surface area contributed by atoms with Crippen LogP contribution in [0, 0.1) is 5.92 Å². The highest BCUT2D eigenvalue weighted by molar-refractivity contribution is 8.23. The van der Waals surface area contributed by atoms with Crippen LogP contribution in [-0.2, 0) is 20.2 Å². The van der Waals surface area contributed by atoms with Crippen molar-refractivity contribution in [1.82, 2.24) is 0 Å². The van der Waals surface area contributed by atoms with E-state index in [9.17, 15) is 27.4 Å². The predicted octanol–water partition coefficient (Wildman–Crippen LogP) is 6.58. The summed E-state index contributed by atoms with van der Waals surface area (Å²) in [6.45, 7) is 5.98. The van der Waals surface area contributed by atoms with Gasteiger partial charge in [-0.25, -0.2) is 8.42 Å². The average molecular weight is 582 g/mol. The van der Waals surface area contributed by atoms with Gasteiger partial charge in [0.05, 0.1) is 21.7 Å². The molecule has 2 aliphatic rings. The van der Waals surface area contributed by atoms with Crippen LogP contribution in [0.3, 0.4) is 0 Å². The van der Waals surface area contributed by atoms with E-state index < -0.39 is 26.2 Å². The van der Waals surface area contributed by atoms with Crippen molar-refractivity contribution in [3.05, 3.63) is 89.5 Å². The van der Waals surface area contributed by atoms with E-state index in [-0.39, 0.29) is 44.1 Å². The normalized spacial score (nSPS) is 20.8. The molecule has 1 aliphatic heterocycles. The molecule has 0 saturated heterocycles. The number of aliphatic hydroxyl groups excluding tert-OH is 1. The van der Waals surface area contributed by atoms with Crippen LogP contribution in [0.2, 0.25) is 0 Å². The van der Waals surface area contributed by atoms with Gasteiger partial charge in [-0.05, 0) is 61.6 Å². The first kappa shape index (κ1) is 27.9. The highest BCUT2D eigenvalue weighted by Crippen LogP contribution is 2.57. The van der Waals surface area contributed by atoms with E-state index in [0.29, 0.717) is 23.5 Å². The van der Waals surface area contributed by atoms with Gasteiger partial charge in [-0.3, -0.25) is 18.6 Å². The summed E-state index contributed by atoms with van der Waals surface area (Å²) in [5.74, 6) is -0.476. The Balaban J connectivity index is 1.54. The molecule has 3 aromatic carbocycles. The molecule has 5 rings (SSSR count). The molecular formula is C29H31N3O6S2. The summed E-state index contributed by atoms with van der Waals surface area (Å²) in [7, 11) is -7.80. The summed E-state index contributed by atoms with van der Waals surface area (Å²) in [5.41, 5.74) is 0.443. The number of hydrogen-bond acceptors (Lipinski definition) is 8. The largest absolute Gasteiger partial charge is 0.506 e. The fraction of sp³-hybridized carbons (Fsp3) is 0.241. The van der Waals surface area contributed by atoms with Crippen LogP contribution in [0.25, 0.3) is 5.76 Å². The van der Waals surface area contributed by atoms with Gasteiger partial charge in [-0.2, -0.15) is 0 Å². The molecule has 0 fully saturated rings. The van der Waals surface area contributed by atoms with Crippen LogP contribution in [0.15, 0.2) is 92.6 Å². The Labute approximate surface area is 235 Å². The number of aliphatic hydroxyl groups is 1. The lowest BCUT2D eigenvalue weighted by Gasteiger charge is -2.39. The molecule has 1 atom stereocenters. The van der Waals surface area contributed by atoms with Crippen molar-refractivity contribution in [2.24, 2.45) is 10.3 Å². The van der Waals surface area contributed by atoms with Gasteiger partial charge in [0.25, 0.3) is 10.0 Å². The molecule has 11 heteroatoms. The summed E-state index contributed by atoms with van der Waals surface area (Å²) < 4.78 is 54.2. The molecule has 210 valence electrons. The Hall–Kier alpha value is -3.64. The minimum absolute atomic E-state index is 0.0455. The number of rotatable bonds is 7. The van der Waals surface area contributed by atoms with E-state index in [0.717, 1.165) is 6.42 Å². The molecule has 0 amide bonds. The van der Waals surface area contributed by atoms with Crippen LogP contribution >= 0.6 is 10.8 Å². The van der Waals surface area contributed by atoms with Gasteiger partial charge in [-0.15, -0.1) is 4.40 Å². The minimum Gasteiger partial charge on any atom is -0.506 e. The SMILES string of the molecule is CC(C)CCC1(C)C(=O)C(C2=NS(O)(O)c3cc(NS(=O)(=O)c4ccccc4)ccc3N2)=C(O)c2ccccc21. The lowest BCUT2D eigenvalue weighted by atomic mass is 9.66. The number of benzene rings is 3. The number of nitrogens with one attached hydrogen (secondary N) is 2. The molecule has 1 heterocycles. The van der Waals surface area contributed by atoms with Crippen molar-refractivity contribution >= 4 is 49.6 Å². The molecule has 40 heavy (non-hydrogen) atoms. The number of amidine groups is 1. The van der Waals surface area contributed by atoms with Gasteiger partial charge in [0.1, 0.15) is 16.2 Å². The number of sulfonamides is 1. The third-order valence-corrected chi connectivity index (χ3v) is 10.0. The lowest BCUT2D eigenvalue weighted by molar-refractivity contribution is -0.120. The fourth-order valence-electron chi connectivity index (χ4n) is 5.02. The maximum Gasteiger partial charge on any atom is 0.261 e. The van der Waals surface area contributed by atoms with Crippen molar-refractivity contribution in [2.75, 3.05) is 10.0 Å². The molecule has 0 bridgehead atoms. The first-order valence-electron chi connectivity index (χ1n) is 12.8. The standard InChI is InChI=1S/C29H31N3O6S2/c1-18(2)15-16-29(3)22-12-8-7-11-21(22)26(33)25(27(29)34)28-30-23-14-13-19(17-24(23)40(37,38)32-28)31-39(35,36)20-9-5-4-6-10-20/h4-14,17-18,31,33,37-38H,15-16H2,1-3H3,(H,30,32). The molecule has 0 spiro atoms. The van der Waals surface area contributed by atoms with Gasteiger partial charge in [0.15, 0.2) is 11.6 Å². The second kappa shape index (κ2) is 10.1. The monoisotopic (exact) mass is 581 g/mol. The van der Waals surface area contributed by atoms with E-state index >= 15 is 0 Å². The Morgan fingerprint density at radius 3 is 2.40 bits per heavy atom. The van der Waals surface area contributed by atoms with Gasteiger partial charge in [0.2, 0.25) is 0 Å². The third-order valence-electron chi connectivity index (χ3n) is 7.25. The Kier molecular flexibility index (Phi) is 7.03. The van der Waals surface area contributed by atoms with Crippen molar-refractivity contribution in [2.45, 2.75) is 48.8 Å². The number of anilines is 2. The lowest BCUT2D eigenvalue weighted by Crippen LogP contribution is -2.42. The Bertz CT molecular complexity index is 1670. The molecular weight excluding hydrogens is 550 g/mol. The molecule has 0 radical (unpaired) electrons. The van der Waals surface area contributed by atoms with E-state index in [2.05, 4.69) is 28.3 Å². The summed E-state index contributed by atoms with van der Waals surface area (Å²) >= 11 is 0. The maximum atomic E-state index is 14.0. The zero-order valence-corrected chi connectivity index (χ0v) is 23.9. The number of Topliss-reactive ketones (excluding diaryl/α,β-unsaturated/α-hetero) is 1. The van der Waals surface area contributed by atoms with Crippen LogP contribution in [-0.4, -0.2) is 34.2 Å². The van der Waals surface area contributed by atoms with Crippen molar-refractivity contribution < 1.29 is 27.4 Å². The first-order chi connectivity index (χ1) is 18.8. The number of carbonyl (C=O) groups excluding carboxylic acids is 1. The molecule has 1 aliphatic carbocycles. The van der Waals surface area contributed by atoms with Gasteiger partial charge >= 0.3 is 0 Å². The van der Waals surface area contributed by atoms with Crippen molar-refractivity contribution in [1.29, 1.82) is 0 Å². The second-order valence-corrected chi connectivity index (χ2v) is 13.9. The molecule has 0 saturated carbocycles. The number of ketones is 1. The van der Waals surface area contributed by atoms with Crippen LogP contribution in [0.5, 0.6) is 0 Å².